The highest BCUT2D eigenvalue weighted by molar-refractivity contribution is 8.05. The van der Waals surface area contributed by atoms with E-state index in [0.29, 0.717) is 22.3 Å². The molecule has 3 aromatic carbocycles. The number of fused-ring (bicyclic) bond motifs is 1. The van der Waals surface area contributed by atoms with Crippen molar-refractivity contribution in [3.05, 3.63) is 93.9 Å². The number of rotatable bonds is 6. The lowest BCUT2D eigenvalue weighted by Gasteiger charge is -2.10. The smallest absolute Gasteiger partial charge is 0.156 e. The first-order valence-corrected chi connectivity index (χ1v) is 10.8. The molecular weight excluding hydrogens is 420 g/mol. The van der Waals surface area contributed by atoms with E-state index in [4.69, 9.17) is 16.3 Å². The Morgan fingerprint density at radius 1 is 1.07 bits per heavy atom. The predicted molar refractivity (Wildman–Crippen MR) is 121 cm³/mol. The zero-order chi connectivity index (χ0) is 20.1. The summed E-state index contributed by atoms with van der Waals surface area (Å²) >= 11 is 9.16. The van der Waals surface area contributed by atoms with Crippen LogP contribution in [0.3, 0.4) is 0 Å². The van der Waals surface area contributed by atoms with Crippen molar-refractivity contribution in [2.45, 2.75) is 10.9 Å². The fraction of sp³-hybridized carbons (Fsp3) is 0.0435. The van der Waals surface area contributed by atoms with Gasteiger partial charge in [-0.1, -0.05) is 60.1 Å². The van der Waals surface area contributed by atoms with Gasteiger partial charge in [0, 0.05) is 16.1 Å². The molecule has 4 aromatic rings. The first-order valence-electron chi connectivity index (χ1n) is 8.83. The highest BCUT2D eigenvalue weighted by Crippen LogP contribution is 2.35. The average molecular weight is 435 g/mol. The van der Waals surface area contributed by atoms with Gasteiger partial charge in [0.25, 0.3) is 0 Å². The summed E-state index contributed by atoms with van der Waals surface area (Å²) in [5.74, 6) is 0.699. The van der Waals surface area contributed by atoms with Gasteiger partial charge in [0.1, 0.15) is 18.4 Å². The third-order valence-electron chi connectivity index (χ3n) is 4.13. The molecule has 6 heteroatoms. The second-order valence-corrected chi connectivity index (χ2v) is 8.81. The van der Waals surface area contributed by atoms with Crippen molar-refractivity contribution >= 4 is 51.0 Å². The molecule has 0 bridgehead atoms. The number of nitriles is 1. The van der Waals surface area contributed by atoms with Crippen molar-refractivity contribution in [3.63, 3.8) is 0 Å². The van der Waals surface area contributed by atoms with Crippen molar-refractivity contribution < 1.29 is 4.74 Å². The van der Waals surface area contributed by atoms with Crippen molar-refractivity contribution in [1.29, 1.82) is 5.26 Å². The van der Waals surface area contributed by atoms with E-state index in [9.17, 15) is 5.26 Å². The standard InChI is InChI=1S/C23H15ClN2OS2/c24-19-9-3-1-8-17(19)15-27-21-11-5-2-7-16(21)13-18(14-25)28-23-26-20-10-4-6-12-22(20)29-23/h1-13H,15H2/b18-13-. The summed E-state index contributed by atoms with van der Waals surface area (Å²) in [6.45, 7) is 0.359. The van der Waals surface area contributed by atoms with Crippen LogP contribution in [-0.2, 0) is 6.61 Å². The van der Waals surface area contributed by atoms with Gasteiger partial charge in [0.2, 0.25) is 0 Å². The van der Waals surface area contributed by atoms with Crippen molar-refractivity contribution in [1.82, 2.24) is 4.98 Å². The molecule has 0 amide bonds. The van der Waals surface area contributed by atoms with Gasteiger partial charge in [0.05, 0.1) is 15.1 Å². The molecule has 0 fully saturated rings. The van der Waals surface area contributed by atoms with Gasteiger partial charge < -0.3 is 4.74 Å². The number of benzene rings is 3. The van der Waals surface area contributed by atoms with Crippen molar-refractivity contribution in [2.24, 2.45) is 0 Å². The Kier molecular flexibility index (Phi) is 6.16. The van der Waals surface area contributed by atoms with Crippen LogP contribution in [0.4, 0.5) is 0 Å². The first kappa shape index (κ1) is 19.5. The van der Waals surface area contributed by atoms with Gasteiger partial charge in [-0.05, 0) is 42.1 Å². The van der Waals surface area contributed by atoms with Gasteiger partial charge in [-0.15, -0.1) is 11.3 Å². The van der Waals surface area contributed by atoms with Crippen LogP contribution in [-0.4, -0.2) is 4.98 Å². The number of hydrogen-bond donors (Lipinski definition) is 0. The second kappa shape index (κ2) is 9.15. The molecule has 1 aromatic heterocycles. The molecule has 0 aliphatic rings. The fourth-order valence-corrected chi connectivity index (χ4v) is 4.87. The molecule has 0 N–H and O–H groups in total. The van der Waals surface area contributed by atoms with Gasteiger partial charge >= 0.3 is 0 Å². The predicted octanol–water partition coefficient (Wildman–Crippen LogP) is 7.19. The highest BCUT2D eigenvalue weighted by atomic mass is 35.5. The quantitative estimate of drug-likeness (QED) is 0.238. The summed E-state index contributed by atoms with van der Waals surface area (Å²) in [5.41, 5.74) is 2.70. The molecule has 0 unspecified atom stereocenters. The minimum absolute atomic E-state index is 0.359. The Bertz CT molecular complexity index is 1190. The number of halogens is 1. The van der Waals surface area contributed by atoms with Gasteiger partial charge in [0.15, 0.2) is 4.34 Å². The van der Waals surface area contributed by atoms with E-state index in [1.165, 1.54) is 11.8 Å². The average Bonchev–Trinajstić information content (AvgIpc) is 3.16. The number of nitrogens with zero attached hydrogens (tertiary/aromatic N) is 2. The Labute approximate surface area is 182 Å². The third kappa shape index (κ3) is 4.80. The van der Waals surface area contributed by atoms with Gasteiger partial charge in [-0.25, -0.2) is 4.98 Å². The van der Waals surface area contributed by atoms with Crippen LogP contribution in [0.5, 0.6) is 5.75 Å². The lowest BCUT2D eigenvalue weighted by Crippen LogP contribution is -1.97. The molecule has 142 valence electrons. The van der Waals surface area contributed by atoms with E-state index >= 15 is 0 Å². The molecule has 4 rings (SSSR count). The molecule has 0 radical (unpaired) electrons. The highest BCUT2D eigenvalue weighted by Gasteiger charge is 2.09. The van der Waals surface area contributed by atoms with Crippen LogP contribution >= 0.6 is 34.7 Å². The number of allylic oxidation sites excluding steroid dienone is 1. The topological polar surface area (TPSA) is 45.9 Å². The van der Waals surface area contributed by atoms with E-state index in [-0.39, 0.29) is 0 Å². The van der Waals surface area contributed by atoms with Gasteiger partial charge in [-0.3, -0.25) is 0 Å². The zero-order valence-corrected chi connectivity index (χ0v) is 17.6. The number of para-hydroxylation sites is 2. The number of thiazole rings is 1. The van der Waals surface area contributed by atoms with Crippen LogP contribution in [0.25, 0.3) is 16.3 Å². The Morgan fingerprint density at radius 3 is 2.66 bits per heavy atom. The van der Waals surface area contributed by atoms with Crippen LogP contribution in [0.15, 0.2) is 82.0 Å². The largest absolute Gasteiger partial charge is 0.488 e. The van der Waals surface area contributed by atoms with Crippen LogP contribution in [0.1, 0.15) is 11.1 Å². The van der Waals surface area contributed by atoms with E-state index in [1.807, 2.05) is 78.9 Å². The number of aromatic nitrogens is 1. The first-order chi connectivity index (χ1) is 14.2. The Balaban J connectivity index is 1.56. The van der Waals surface area contributed by atoms with Crippen LogP contribution in [0, 0.1) is 11.3 Å². The SMILES string of the molecule is N#C/C(=C/c1ccccc1OCc1ccccc1Cl)Sc1nc2ccccc2s1. The third-order valence-corrected chi connectivity index (χ3v) is 6.52. The maximum absolute atomic E-state index is 9.64. The lowest BCUT2D eigenvalue weighted by molar-refractivity contribution is 0.305. The molecule has 0 atom stereocenters. The van der Waals surface area contributed by atoms with E-state index in [0.717, 1.165) is 25.7 Å². The molecular formula is C23H15ClN2OS2. The normalized spacial score (nSPS) is 11.4. The van der Waals surface area contributed by atoms with Crippen LogP contribution < -0.4 is 4.74 Å². The number of ether oxygens (including phenoxy) is 1. The molecule has 29 heavy (non-hydrogen) atoms. The molecule has 0 spiro atoms. The van der Waals surface area contributed by atoms with Crippen LogP contribution in [0.2, 0.25) is 5.02 Å². The molecule has 0 aliphatic carbocycles. The molecule has 3 nitrogen and oxygen atoms in total. The summed E-state index contributed by atoms with van der Waals surface area (Å²) in [7, 11) is 0. The summed E-state index contributed by atoms with van der Waals surface area (Å²) in [6.07, 6.45) is 1.83. The minimum atomic E-state index is 0.359. The molecule has 0 saturated heterocycles. The van der Waals surface area contributed by atoms with E-state index in [1.54, 1.807) is 11.3 Å². The zero-order valence-electron chi connectivity index (χ0n) is 15.2. The van der Waals surface area contributed by atoms with E-state index in [2.05, 4.69) is 11.1 Å². The lowest BCUT2D eigenvalue weighted by atomic mass is 10.2. The Hall–Kier alpha value is -2.78. The fourth-order valence-electron chi connectivity index (χ4n) is 2.72. The maximum atomic E-state index is 9.64. The van der Waals surface area contributed by atoms with E-state index < -0.39 is 0 Å². The summed E-state index contributed by atoms with van der Waals surface area (Å²) in [5, 5.41) is 10.3. The number of thioether (sulfide) groups is 1. The minimum Gasteiger partial charge on any atom is -0.488 e. The van der Waals surface area contributed by atoms with Crippen molar-refractivity contribution in [3.8, 4) is 11.8 Å². The Morgan fingerprint density at radius 2 is 1.83 bits per heavy atom. The number of hydrogen-bond acceptors (Lipinski definition) is 5. The monoisotopic (exact) mass is 434 g/mol. The molecule has 1 heterocycles. The molecule has 0 saturated carbocycles. The summed E-state index contributed by atoms with van der Waals surface area (Å²) < 4.78 is 7.94. The summed E-state index contributed by atoms with van der Waals surface area (Å²) in [4.78, 5) is 5.15. The second-order valence-electron chi connectivity index (χ2n) is 6.09. The molecule has 0 aliphatic heterocycles. The van der Waals surface area contributed by atoms with Crippen molar-refractivity contribution in [2.75, 3.05) is 0 Å². The van der Waals surface area contributed by atoms with Gasteiger partial charge in [-0.2, -0.15) is 5.26 Å². The summed E-state index contributed by atoms with van der Waals surface area (Å²) in [6, 6.07) is 25.5. The maximum Gasteiger partial charge on any atom is 0.156 e.